The van der Waals surface area contributed by atoms with Gasteiger partial charge >= 0.3 is 0 Å². The molecule has 1 aromatic rings. The molecule has 1 rings (SSSR count). The van der Waals surface area contributed by atoms with Crippen LogP contribution in [0.5, 0.6) is 0 Å². The number of benzene rings is 1. The molecule has 0 spiro atoms. The second kappa shape index (κ2) is 7.38. The Balaban J connectivity index is 3.02. The minimum Gasteiger partial charge on any atom is -0.348 e. The lowest BCUT2D eigenvalue weighted by molar-refractivity contribution is -0.385. The molecule has 0 aromatic heterocycles. The van der Waals surface area contributed by atoms with E-state index in [1.807, 2.05) is 32.8 Å². The van der Waals surface area contributed by atoms with Crippen LogP contribution in [0.3, 0.4) is 0 Å². The highest BCUT2D eigenvalue weighted by molar-refractivity contribution is 6.31. The second-order valence-electron chi connectivity index (χ2n) is 5.50. The number of hydrogen-bond donors (Lipinski definition) is 1. The van der Waals surface area contributed by atoms with Gasteiger partial charge in [-0.1, -0.05) is 25.4 Å². The van der Waals surface area contributed by atoms with Crippen molar-refractivity contribution in [2.45, 2.75) is 19.9 Å². The van der Waals surface area contributed by atoms with Crippen LogP contribution in [-0.4, -0.2) is 42.4 Å². The number of nitro groups is 1. The van der Waals surface area contributed by atoms with E-state index in [1.165, 1.54) is 18.2 Å². The van der Waals surface area contributed by atoms with Crippen LogP contribution >= 0.6 is 11.6 Å². The average Bonchev–Trinajstić information content (AvgIpc) is 2.36. The smallest absolute Gasteiger partial charge is 0.282 e. The zero-order valence-electron chi connectivity index (χ0n) is 12.6. The van der Waals surface area contributed by atoms with E-state index < -0.39 is 10.8 Å². The molecule has 6 nitrogen and oxygen atoms in total. The molecule has 0 saturated carbocycles. The van der Waals surface area contributed by atoms with E-state index in [0.29, 0.717) is 11.6 Å². The summed E-state index contributed by atoms with van der Waals surface area (Å²) in [6.45, 7) is 4.62. The summed E-state index contributed by atoms with van der Waals surface area (Å²) in [7, 11) is 3.81. The van der Waals surface area contributed by atoms with Gasteiger partial charge in [-0.05, 0) is 32.1 Å². The number of rotatable bonds is 6. The van der Waals surface area contributed by atoms with Crippen LogP contribution in [0.25, 0.3) is 0 Å². The molecule has 1 aromatic carbocycles. The van der Waals surface area contributed by atoms with Crippen molar-refractivity contribution < 1.29 is 9.72 Å². The van der Waals surface area contributed by atoms with E-state index in [2.05, 4.69) is 5.32 Å². The van der Waals surface area contributed by atoms with Crippen LogP contribution in [0.15, 0.2) is 18.2 Å². The Morgan fingerprint density at radius 2 is 2.05 bits per heavy atom. The van der Waals surface area contributed by atoms with Crippen molar-refractivity contribution in [3.63, 3.8) is 0 Å². The van der Waals surface area contributed by atoms with Crippen molar-refractivity contribution in [1.29, 1.82) is 0 Å². The lowest BCUT2D eigenvalue weighted by Gasteiger charge is -2.25. The third-order valence-corrected chi connectivity index (χ3v) is 3.32. The fourth-order valence-electron chi connectivity index (χ4n) is 1.91. The van der Waals surface area contributed by atoms with Crippen molar-refractivity contribution >= 4 is 23.2 Å². The van der Waals surface area contributed by atoms with Crippen molar-refractivity contribution in [1.82, 2.24) is 10.2 Å². The summed E-state index contributed by atoms with van der Waals surface area (Å²) in [4.78, 5) is 24.7. The molecule has 0 aliphatic carbocycles. The lowest BCUT2D eigenvalue weighted by Crippen LogP contribution is -2.45. The number of nitrogens with one attached hydrogen (secondary N) is 1. The van der Waals surface area contributed by atoms with Crippen LogP contribution in [0, 0.1) is 16.0 Å². The predicted molar refractivity (Wildman–Crippen MR) is 82.8 cm³/mol. The lowest BCUT2D eigenvalue weighted by atomic mass is 10.0. The van der Waals surface area contributed by atoms with E-state index in [0.717, 1.165) is 0 Å². The molecule has 0 fully saturated rings. The monoisotopic (exact) mass is 313 g/mol. The molecule has 0 radical (unpaired) electrons. The van der Waals surface area contributed by atoms with Gasteiger partial charge in [0.25, 0.3) is 11.6 Å². The van der Waals surface area contributed by atoms with E-state index in [4.69, 9.17) is 11.6 Å². The maximum atomic E-state index is 12.3. The van der Waals surface area contributed by atoms with Gasteiger partial charge in [-0.15, -0.1) is 0 Å². The average molecular weight is 314 g/mol. The molecule has 1 N–H and O–H groups in total. The van der Waals surface area contributed by atoms with Gasteiger partial charge in [-0.3, -0.25) is 14.9 Å². The van der Waals surface area contributed by atoms with Gasteiger partial charge in [0.1, 0.15) is 5.56 Å². The standard InChI is InChI=1S/C14H20ClN3O3/c1-9(2)12(8-17(3)4)16-14(19)11-7-10(15)5-6-13(11)18(20)21/h5-7,9,12H,8H2,1-4H3,(H,16,19). The van der Waals surface area contributed by atoms with Crippen LogP contribution in [0.1, 0.15) is 24.2 Å². The van der Waals surface area contributed by atoms with Gasteiger partial charge in [0.2, 0.25) is 0 Å². The van der Waals surface area contributed by atoms with Gasteiger partial charge < -0.3 is 10.2 Å². The SMILES string of the molecule is CC(C)C(CN(C)C)NC(=O)c1cc(Cl)ccc1[N+](=O)[O-]. The number of nitro benzene ring substituents is 1. The number of nitrogens with zero attached hydrogens (tertiary/aromatic N) is 2. The summed E-state index contributed by atoms with van der Waals surface area (Å²) >= 11 is 5.84. The number of amides is 1. The molecule has 7 heteroatoms. The van der Waals surface area contributed by atoms with Crippen LogP contribution < -0.4 is 5.32 Å². The van der Waals surface area contributed by atoms with Gasteiger partial charge in [0.15, 0.2) is 0 Å². The Bertz CT molecular complexity index is 532. The topological polar surface area (TPSA) is 75.5 Å². The van der Waals surface area contributed by atoms with Crippen molar-refractivity contribution in [3.05, 3.63) is 38.9 Å². The molecule has 0 saturated heterocycles. The molecule has 21 heavy (non-hydrogen) atoms. The van der Waals surface area contributed by atoms with Crippen LogP contribution in [0.2, 0.25) is 5.02 Å². The number of carbonyl (C=O) groups excluding carboxylic acids is 1. The van der Waals surface area contributed by atoms with Crippen LogP contribution in [0.4, 0.5) is 5.69 Å². The summed E-state index contributed by atoms with van der Waals surface area (Å²) in [5, 5.41) is 14.1. The highest BCUT2D eigenvalue weighted by Gasteiger charge is 2.24. The fraction of sp³-hybridized carbons (Fsp3) is 0.500. The zero-order valence-corrected chi connectivity index (χ0v) is 13.3. The summed E-state index contributed by atoms with van der Waals surface area (Å²) < 4.78 is 0. The molecule has 0 aliphatic heterocycles. The normalized spacial score (nSPS) is 12.5. The summed E-state index contributed by atoms with van der Waals surface area (Å²) in [5.41, 5.74) is -0.263. The molecule has 116 valence electrons. The first-order chi connectivity index (χ1) is 9.72. The highest BCUT2D eigenvalue weighted by Crippen LogP contribution is 2.23. The number of halogens is 1. The molecular weight excluding hydrogens is 294 g/mol. The van der Waals surface area contributed by atoms with E-state index in [1.54, 1.807) is 0 Å². The third kappa shape index (κ3) is 4.99. The Morgan fingerprint density at radius 3 is 2.52 bits per heavy atom. The minimum atomic E-state index is -0.582. The van der Waals surface area contributed by atoms with Gasteiger partial charge in [-0.25, -0.2) is 0 Å². The molecule has 1 unspecified atom stereocenters. The summed E-state index contributed by atoms with van der Waals surface area (Å²) in [6, 6.07) is 3.86. The van der Waals surface area contributed by atoms with Gasteiger partial charge in [0, 0.05) is 23.7 Å². The Hall–Kier alpha value is -1.66. The van der Waals surface area contributed by atoms with E-state index >= 15 is 0 Å². The molecule has 0 heterocycles. The van der Waals surface area contributed by atoms with Crippen molar-refractivity contribution in [3.8, 4) is 0 Å². The first kappa shape index (κ1) is 17.4. The number of carbonyl (C=O) groups is 1. The largest absolute Gasteiger partial charge is 0.348 e. The third-order valence-electron chi connectivity index (χ3n) is 3.08. The summed E-state index contributed by atoms with van der Waals surface area (Å²) in [6.07, 6.45) is 0. The van der Waals surface area contributed by atoms with E-state index in [-0.39, 0.29) is 23.2 Å². The number of hydrogen-bond acceptors (Lipinski definition) is 4. The minimum absolute atomic E-state index is 0.0168. The van der Waals surface area contributed by atoms with Crippen molar-refractivity contribution in [2.75, 3.05) is 20.6 Å². The Kier molecular flexibility index (Phi) is 6.11. The Morgan fingerprint density at radius 1 is 1.43 bits per heavy atom. The first-order valence-electron chi connectivity index (χ1n) is 6.62. The predicted octanol–water partition coefficient (Wildman–Crippen LogP) is 2.56. The van der Waals surface area contributed by atoms with Crippen molar-refractivity contribution in [2.24, 2.45) is 5.92 Å². The highest BCUT2D eigenvalue weighted by atomic mass is 35.5. The first-order valence-corrected chi connectivity index (χ1v) is 6.99. The van der Waals surface area contributed by atoms with Crippen LogP contribution in [-0.2, 0) is 0 Å². The quantitative estimate of drug-likeness (QED) is 0.647. The van der Waals surface area contributed by atoms with E-state index in [9.17, 15) is 14.9 Å². The zero-order chi connectivity index (χ0) is 16.2. The maximum Gasteiger partial charge on any atom is 0.282 e. The van der Waals surface area contributed by atoms with Gasteiger partial charge in [0.05, 0.1) is 4.92 Å². The molecule has 0 aliphatic rings. The Labute approximate surface area is 129 Å². The van der Waals surface area contributed by atoms with Gasteiger partial charge in [-0.2, -0.15) is 0 Å². The number of likely N-dealkylation sites (N-methyl/N-ethyl adjacent to an activating group) is 1. The molecule has 1 amide bonds. The molecular formula is C14H20ClN3O3. The maximum absolute atomic E-state index is 12.3. The summed E-state index contributed by atoms with van der Waals surface area (Å²) in [5.74, 6) is -0.278. The molecule has 1 atom stereocenters. The second-order valence-corrected chi connectivity index (χ2v) is 5.94. The molecule has 0 bridgehead atoms. The fourth-order valence-corrected chi connectivity index (χ4v) is 2.08.